The molecule has 2 aliphatic heterocycles. The second kappa shape index (κ2) is 8.35. The molecule has 0 atom stereocenters. The summed E-state index contributed by atoms with van der Waals surface area (Å²) in [5.41, 5.74) is 0.657. The highest BCUT2D eigenvalue weighted by atomic mass is 35.5. The lowest BCUT2D eigenvalue weighted by Gasteiger charge is -2.50. The molecule has 3 fully saturated rings. The van der Waals surface area contributed by atoms with Crippen LogP contribution in [-0.2, 0) is 16.0 Å². The van der Waals surface area contributed by atoms with Crippen LogP contribution in [0.1, 0.15) is 38.2 Å². The van der Waals surface area contributed by atoms with Crippen LogP contribution < -0.4 is 0 Å². The van der Waals surface area contributed by atoms with E-state index in [1.54, 1.807) is 12.1 Å². The van der Waals surface area contributed by atoms with E-state index in [2.05, 4.69) is 23.7 Å². The maximum atomic E-state index is 12.5. The lowest BCUT2D eigenvalue weighted by Crippen LogP contribution is -2.62. The molecule has 3 aliphatic rings. The molecule has 27 heavy (non-hydrogen) atoms. The molecule has 150 valence electrons. The topological polar surface area (TPSA) is 73.2 Å². The van der Waals surface area contributed by atoms with Crippen molar-refractivity contribution in [3.63, 3.8) is 0 Å². The van der Waals surface area contributed by atoms with E-state index in [9.17, 15) is 9.90 Å². The zero-order valence-electron chi connectivity index (χ0n) is 15.9. The number of morpholine rings is 1. The van der Waals surface area contributed by atoms with Crippen molar-refractivity contribution in [3.05, 3.63) is 29.8 Å². The fraction of sp³-hybridized carbons (Fsp3) is 0.650. The quantitative estimate of drug-likeness (QED) is 0.817. The molecule has 0 unspecified atom stereocenters. The third-order valence-electron chi connectivity index (χ3n) is 6.07. The summed E-state index contributed by atoms with van der Waals surface area (Å²) in [6, 6.07) is 7.49. The van der Waals surface area contributed by atoms with Gasteiger partial charge in [-0.15, -0.1) is 0 Å². The highest BCUT2D eigenvalue weighted by molar-refractivity contribution is 6.04. The van der Waals surface area contributed by atoms with E-state index in [1.165, 1.54) is 5.56 Å². The predicted octanol–water partition coefficient (Wildman–Crippen LogP) is 2.31. The van der Waals surface area contributed by atoms with E-state index in [0.29, 0.717) is 5.75 Å². The number of phenols is 1. The van der Waals surface area contributed by atoms with Gasteiger partial charge in [0, 0.05) is 32.7 Å². The average Bonchev–Trinajstić information content (AvgIpc) is 3.47. The molecule has 1 saturated carbocycles. The maximum Gasteiger partial charge on any atom is 0.254 e. The summed E-state index contributed by atoms with van der Waals surface area (Å²) in [7, 11) is 0. The number of ether oxygens (including phenoxy) is 1. The molecule has 6 nitrogen and oxygen atoms in total. The maximum absolute atomic E-state index is 12.5. The van der Waals surface area contributed by atoms with E-state index < -0.39 is 5.60 Å². The van der Waals surface area contributed by atoms with Gasteiger partial charge in [0.1, 0.15) is 11.4 Å². The van der Waals surface area contributed by atoms with Crippen LogP contribution in [0.2, 0.25) is 0 Å². The van der Waals surface area contributed by atoms with Gasteiger partial charge in [-0.2, -0.15) is 0 Å². The number of hydrogen-bond donors (Lipinski definition) is 2. The molecule has 1 aliphatic carbocycles. The Morgan fingerprint density at radius 1 is 1.11 bits per heavy atom. The molecule has 0 radical (unpaired) electrons. The summed E-state index contributed by atoms with van der Waals surface area (Å²) in [4.78, 5) is 17.0. The number of carbonyl (C=O) groups excluding carboxylic acids is 1. The summed E-state index contributed by atoms with van der Waals surface area (Å²) in [6.07, 6.45) is 4.81. The van der Waals surface area contributed by atoms with Gasteiger partial charge >= 0.3 is 0 Å². The van der Waals surface area contributed by atoms with Gasteiger partial charge in [-0.3, -0.25) is 9.45 Å². The summed E-state index contributed by atoms with van der Waals surface area (Å²) >= 11 is 3.64. The molecule has 0 aromatic heterocycles. The minimum Gasteiger partial charge on any atom is -0.508 e. The van der Waals surface area contributed by atoms with E-state index >= 15 is 0 Å². The number of nitrogens with zero attached hydrogens (tertiary/aromatic N) is 2. The van der Waals surface area contributed by atoms with Crippen molar-refractivity contribution in [1.82, 2.24) is 9.80 Å². The van der Waals surface area contributed by atoms with Crippen molar-refractivity contribution < 1.29 is 19.3 Å². The molecule has 2 saturated heterocycles. The lowest BCUT2D eigenvalue weighted by molar-refractivity contribution is -0.200. The van der Waals surface area contributed by atoms with Crippen molar-refractivity contribution >= 4 is 17.8 Å². The number of carbonyl (C=O) groups is 1. The predicted molar refractivity (Wildman–Crippen MR) is 104 cm³/mol. The number of phenolic OH excluding ortho intramolecular Hbond substituents is 1. The first-order valence-electron chi connectivity index (χ1n) is 9.71. The minimum absolute atomic E-state index is 0.130. The Morgan fingerprint density at radius 2 is 1.74 bits per heavy atom. The van der Waals surface area contributed by atoms with Crippen LogP contribution in [0.5, 0.6) is 5.75 Å². The monoisotopic (exact) mass is 396 g/mol. The molecule has 1 amide bonds. The number of halogens is 1. The number of likely N-dealkylation sites (N-methyl/N-ethyl adjacent to an activating group) is 1. The minimum atomic E-state index is -0.470. The molecular formula is C20H29ClN2O4. The zero-order valence-corrected chi connectivity index (χ0v) is 16.6. The lowest BCUT2D eigenvalue weighted by atomic mass is 9.87. The van der Waals surface area contributed by atoms with Crippen molar-refractivity contribution in [2.45, 2.75) is 50.2 Å². The Bertz CT molecular complexity index is 640. The van der Waals surface area contributed by atoms with Gasteiger partial charge in [0.2, 0.25) is 0 Å². The Kier molecular flexibility index (Phi) is 6.31. The molecule has 1 aromatic rings. The summed E-state index contributed by atoms with van der Waals surface area (Å²) < 4.78 is 12.9. The van der Waals surface area contributed by atoms with E-state index in [4.69, 9.17) is 9.40 Å². The number of piperidine rings is 1. The molecule has 0 bridgehead atoms. The normalized spacial score (nSPS) is 23.2. The summed E-state index contributed by atoms with van der Waals surface area (Å²) in [6.45, 7) is 6.70. The Hall–Kier alpha value is -1.34. The number of amides is 1. The molecular weight excluding hydrogens is 368 g/mol. The van der Waals surface area contributed by atoms with Crippen LogP contribution >= 0.6 is 11.9 Å². The first-order chi connectivity index (χ1) is 13.0. The van der Waals surface area contributed by atoms with Gasteiger partial charge < -0.3 is 19.6 Å². The second-order valence-corrected chi connectivity index (χ2v) is 7.86. The van der Waals surface area contributed by atoms with Crippen LogP contribution in [0.3, 0.4) is 0 Å². The smallest absolute Gasteiger partial charge is 0.254 e. The van der Waals surface area contributed by atoms with Crippen molar-refractivity contribution in [1.29, 1.82) is 0 Å². The van der Waals surface area contributed by atoms with Gasteiger partial charge in [-0.1, -0.05) is 12.1 Å². The first kappa shape index (κ1) is 20.4. The second-order valence-electron chi connectivity index (χ2n) is 7.86. The fourth-order valence-corrected chi connectivity index (χ4v) is 4.28. The van der Waals surface area contributed by atoms with Crippen molar-refractivity contribution in [3.8, 4) is 5.75 Å². The first-order valence-corrected chi connectivity index (χ1v) is 10.0. The zero-order chi connectivity index (χ0) is 19.5. The average molecular weight is 397 g/mol. The largest absolute Gasteiger partial charge is 0.508 e. The summed E-state index contributed by atoms with van der Waals surface area (Å²) in [5, 5.41) is 9.37. The Labute approximate surface area is 165 Å². The highest BCUT2D eigenvalue weighted by Crippen LogP contribution is 2.49. The van der Waals surface area contributed by atoms with E-state index in [0.717, 1.165) is 64.8 Å². The third-order valence-corrected chi connectivity index (χ3v) is 6.07. The van der Waals surface area contributed by atoms with E-state index in [-0.39, 0.29) is 11.5 Å². The fourth-order valence-electron chi connectivity index (χ4n) is 4.28. The Morgan fingerprint density at radius 3 is 2.30 bits per heavy atom. The van der Waals surface area contributed by atoms with Gasteiger partial charge in [-0.05, 0) is 56.7 Å². The van der Waals surface area contributed by atoms with Gasteiger partial charge in [0.15, 0.2) is 0 Å². The highest BCUT2D eigenvalue weighted by Gasteiger charge is 2.61. The van der Waals surface area contributed by atoms with Gasteiger partial charge in [-0.25, -0.2) is 0 Å². The number of benzene rings is 1. The van der Waals surface area contributed by atoms with Gasteiger partial charge in [0.25, 0.3) is 5.91 Å². The summed E-state index contributed by atoms with van der Waals surface area (Å²) in [5.74, 6) is 0.539. The standard InChI is InChI=1S/C20H28N2O3.ClHO/c1-2-22-15-19(25-20(8-9-20)18(22)24)10-13-21(14-11-19)12-7-16-3-5-17(23)6-4-16;1-2/h3-6,23H,2,7-15H2,1H3;2H. The van der Waals surface area contributed by atoms with E-state index in [1.807, 2.05) is 17.0 Å². The molecule has 2 N–H and O–H groups in total. The van der Waals surface area contributed by atoms with Crippen LogP contribution in [-0.4, -0.2) is 69.4 Å². The molecule has 7 heteroatoms. The molecule has 4 rings (SSSR count). The van der Waals surface area contributed by atoms with Gasteiger partial charge in [0.05, 0.1) is 17.5 Å². The number of likely N-dealkylation sites (tertiary alicyclic amines) is 1. The van der Waals surface area contributed by atoms with Crippen LogP contribution in [0.4, 0.5) is 0 Å². The number of hydrogen-bond acceptors (Lipinski definition) is 5. The molecule has 1 aromatic carbocycles. The van der Waals surface area contributed by atoms with Crippen molar-refractivity contribution in [2.75, 3.05) is 32.7 Å². The molecule has 2 spiro atoms. The SMILES string of the molecule is CCN1CC2(CCN(CCc3ccc(O)cc3)CC2)OC2(CC2)C1=O.OCl. The van der Waals surface area contributed by atoms with Crippen LogP contribution in [0, 0.1) is 0 Å². The van der Waals surface area contributed by atoms with Crippen molar-refractivity contribution in [2.24, 2.45) is 0 Å². The third kappa shape index (κ3) is 4.40. The van der Waals surface area contributed by atoms with Crippen LogP contribution in [0.15, 0.2) is 24.3 Å². The Balaban J connectivity index is 0.00000102. The number of rotatable bonds is 4. The number of aromatic hydroxyl groups is 1. The molecule has 2 heterocycles. The van der Waals surface area contributed by atoms with Crippen LogP contribution in [0.25, 0.3) is 0 Å².